The molecular weight excluding hydrogens is 333 g/mol. The van der Waals surface area contributed by atoms with Gasteiger partial charge in [-0.25, -0.2) is 4.39 Å². The molecule has 1 N–H and O–H groups in total. The van der Waals surface area contributed by atoms with Gasteiger partial charge in [0, 0.05) is 11.2 Å². The van der Waals surface area contributed by atoms with Crippen molar-refractivity contribution in [1.82, 2.24) is 9.80 Å². The highest BCUT2D eigenvalue weighted by Gasteiger charge is 2.29. The first-order chi connectivity index (χ1) is 12.3. The maximum atomic E-state index is 13.0. The van der Waals surface area contributed by atoms with E-state index in [-0.39, 0.29) is 24.2 Å². The number of nitrogens with one attached hydrogen (secondary N) is 1. The van der Waals surface area contributed by atoms with Gasteiger partial charge in [-0.2, -0.15) is 0 Å². The minimum atomic E-state index is -0.455. The van der Waals surface area contributed by atoms with Gasteiger partial charge < -0.3 is 10.2 Å². The number of benzene rings is 1. The predicted molar refractivity (Wildman–Crippen MR) is 101 cm³/mol. The van der Waals surface area contributed by atoms with E-state index in [0.717, 1.165) is 25.9 Å². The highest BCUT2D eigenvalue weighted by molar-refractivity contribution is 5.95. The fourth-order valence-corrected chi connectivity index (χ4v) is 3.15. The lowest BCUT2D eigenvalue weighted by Crippen LogP contribution is -2.52. The number of halogens is 1. The highest BCUT2D eigenvalue weighted by Crippen LogP contribution is 2.16. The van der Waals surface area contributed by atoms with Crippen LogP contribution < -0.4 is 5.32 Å². The van der Waals surface area contributed by atoms with Crippen molar-refractivity contribution >= 4 is 17.5 Å². The Hall–Kier alpha value is -1.95. The van der Waals surface area contributed by atoms with Gasteiger partial charge in [0.1, 0.15) is 12.4 Å². The first kappa shape index (κ1) is 20.4. The van der Waals surface area contributed by atoms with E-state index in [4.69, 9.17) is 0 Å². The van der Waals surface area contributed by atoms with E-state index < -0.39 is 5.54 Å². The van der Waals surface area contributed by atoms with E-state index in [1.165, 1.54) is 37.1 Å². The molecule has 6 heteroatoms. The third-order valence-electron chi connectivity index (χ3n) is 4.60. The number of carbonyl (C=O) groups is 2. The Bertz CT molecular complexity index is 602. The summed E-state index contributed by atoms with van der Waals surface area (Å²) in [6, 6.07) is 5.60. The molecule has 1 heterocycles. The maximum absolute atomic E-state index is 13.0. The third kappa shape index (κ3) is 6.41. The molecule has 1 aromatic rings. The number of hydrogen-bond acceptors (Lipinski definition) is 3. The van der Waals surface area contributed by atoms with Gasteiger partial charge in [0.25, 0.3) is 0 Å². The Morgan fingerprint density at radius 2 is 1.65 bits per heavy atom. The molecule has 2 rings (SSSR count). The van der Waals surface area contributed by atoms with Crippen molar-refractivity contribution in [3.63, 3.8) is 0 Å². The van der Waals surface area contributed by atoms with Crippen LogP contribution in [0.1, 0.15) is 46.5 Å². The van der Waals surface area contributed by atoms with Crippen molar-refractivity contribution in [1.29, 1.82) is 0 Å². The number of anilines is 1. The summed E-state index contributed by atoms with van der Waals surface area (Å²) in [6.45, 7) is 7.99. The normalized spacial score (nSPS) is 16.0. The fourth-order valence-electron chi connectivity index (χ4n) is 3.15. The molecule has 5 nitrogen and oxygen atoms in total. The Kier molecular flexibility index (Phi) is 7.14. The molecule has 1 fully saturated rings. The minimum Gasteiger partial charge on any atom is -0.327 e. The van der Waals surface area contributed by atoms with Crippen molar-refractivity contribution in [3.8, 4) is 0 Å². The molecule has 0 atom stereocenters. The molecule has 144 valence electrons. The fraction of sp³-hybridized carbons (Fsp3) is 0.600. The second-order valence-electron chi connectivity index (χ2n) is 7.90. The highest BCUT2D eigenvalue weighted by atomic mass is 19.1. The van der Waals surface area contributed by atoms with Gasteiger partial charge in [0.05, 0.1) is 6.54 Å². The van der Waals surface area contributed by atoms with E-state index >= 15 is 0 Å². The molecule has 0 aromatic heterocycles. The Morgan fingerprint density at radius 3 is 2.19 bits per heavy atom. The lowest BCUT2D eigenvalue weighted by molar-refractivity contribution is -0.140. The Labute approximate surface area is 155 Å². The molecule has 26 heavy (non-hydrogen) atoms. The van der Waals surface area contributed by atoms with Crippen LogP contribution in [0.5, 0.6) is 0 Å². The first-order valence-electron chi connectivity index (χ1n) is 9.34. The number of hydrogen-bond donors (Lipinski definition) is 1. The SMILES string of the molecule is CC(C)(C)N(CC(=O)Nc1ccc(F)cc1)C(=O)CN1CCCCCC1. The van der Waals surface area contributed by atoms with Gasteiger partial charge >= 0.3 is 0 Å². The average Bonchev–Trinajstić information content (AvgIpc) is 2.82. The van der Waals surface area contributed by atoms with Crippen LogP contribution in [-0.2, 0) is 9.59 Å². The molecule has 1 aliphatic heterocycles. The second-order valence-corrected chi connectivity index (χ2v) is 7.90. The van der Waals surface area contributed by atoms with Gasteiger partial charge in [-0.3, -0.25) is 14.5 Å². The Balaban J connectivity index is 1.98. The monoisotopic (exact) mass is 363 g/mol. The van der Waals surface area contributed by atoms with Crippen molar-refractivity contribution in [2.24, 2.45) is 0 Å². The lowest BCUT2D eigenvalue weighted by Gasteiger charge is -2.36. The molecular formula is C20H30FN3O2. The van der Waals surface area contributed by atoms with E-state index in [0.29, 0.717) is 12.2 Å². The summed E-state index contributed by atoms with van der Waals surface area (Å²) in [7, 11) is 0. The predicted octanol–water partition coefficient (Wildman–Crippen LogP) is 3.27. The summed E-state index contributed by atoms with van der Waals surface area (Å²) in [5.41, 5.74) is 0.0634. The molecule has 0 spiro atoms. The van der Waals surface area contributed by atoms with Crippen molar-refractivity contribution in [3.05, 3.63) is 30.1 Å². The van der Waals surface area contributed by atoms with Crippen molar-refractivity contribution < 1.29 is 14.0 Å². The van der Waals surface area contributed by atoms with Crippen LogP contribution >= 0.6 is 0 Å². The number of likely N-dealkylation sites (tertiary alicyclic amines) is 1. The molecule has 0 unspecified atom stereocenters. The molecule has 0 saturated carbocycles. The maximum Gasteiger partial charge on any atom is 0.244 e. The summed E-state index contributed by atoms with van der Waals surface area (Å²) in [5.74, 6) is -0.670. The average molecular weight is 363 g/mol. The zero-order chi connectivity index (χ0) is 19.2. The van der Waals surface area contributed by atoms with Crippen LogP contribution in [0.2, 0.25) is 0 Å². The van der Waals surface area contributed by atoms with Gasteiger partial charge in [-0.05, 0) is 71.0 Å². The third-order valence-corrected chi connectivity index (χ3v) is 4.60. The van der Waals surface area contributed by atoms with Crippen LogP contribution in [0.15, 0.2) is 24.3 Å². The molecule has 0 radical (unpaired) electrons. The zero-order valence-corrected chi connectivity index (χ0v) is 16.1. The molecule has 0 bridgehead atoms. The van der Waals surface area contributed by atoms with Crippen LogP contribution in [0.4, 0.5) is 10.1 Å². The largest absolute Gasteiger partial charge is 0.327 e. The lowest BCUT2D eigenvalue weighted by atomic mass is 10.1. The molecule has 1 saturated heterocycles. The van der Waals surface area contributed by atoms with Crippen LogP contribution in [0, 0.1) is 5.82 Å². The van der Waals surface area contributed by atoms with E-state index in [2.05, 4.69) is 10.2 Å². The number of rotatable bonds is 5. The second kappa shape index (κ2) is 9.12. The zero-order valence-electron chi connectivity index (χ0n) is 16.1. The van der Waals surface area contributed by atoms with Crippen molar-refractivity contribution in [2.75, 3.05) is 31.5 Å². The topological polar surface area (TPSA) is 52.7 Å². The van der Waals surface area contributed by atoms with E-state index in [1.54, 1.807) is 4.90 Å². The van der Waals surface area contributed by atoms with Gasteiger partial charge in [0.2, 0.25) is 11.8 Å². The quantitative estimate of drug-likeness (QED) is 0.874. The van der Waals surface area contributed by atoms with Gasteiger partial charge in [-0.1, -0.05) is 12.8 Å². The summed E-state index contributed by atoms with van der Waals surface area (Å²) >= 11 is 0. The van der Waals surface area contributed by atoms with Crippen LogP contribution in [0.3, 0.4) is 0 Å². The van der Waals surface area contributed by atoms with Gasteiger partial charge in [-0.15, -0.1) is 0 Å². The minimum absolute atomic E-state index is 0.0203. The summed E-state index contributed by atoms with van der Waals surface area (Å²) in [6.07, 6.45) is 4.67. The molecule has 1 aliphatic rings. The number of nitrogens with zero attached hydrogens (tertiary/aromatic N) is 2. The number of amides is 2. The molecule has 2 amide bonds. The molecule has 0 aliphatic carbocycles. The van der Waals surface area contributed by atoms with E-state index in [9.17, 15) is 14.0 Å². The standard InChI is InChI=1S/C20H30FN3O2/c1-20(2,3)24(19(26)15-23-12-6-4-5-7-13-23)14-18(25)22-17-10-8-16(21)9-11-17/h8-11H,4-7,12-15H2,1-3H3,(H,22,25). The summed E-state index contributed by atoms with van der Waals surface area (Å²) in [5, 5.41) is 2.73. The van der Waals surface area contributed by atoms with Gasteiger partial charge in [0.15, 0.2) is 0 Å². The summed E-state index contributed by atoms with van der Waals surface area (Å²) in [4.78, 5) is 29.1. The first-order valence-corrected chi connectivity index (χ1v) is 9.34. The smallest absolute Gasteiger partial charge is 0.244 e. The van der Waals surface area contributed by atoms with E-state index in [1.807, 2.05) is 20.8 Å². The van der Waals surface area contributed by atoms with Crippen LogP contribution in [0.25, 0.3) is 0 Å². The van der Waals surface area contributed by atoms with Crippen LogP contribution in [-0.4, -0.2) is 53.3 Å². The van der Waals surface area contributed by atoms with Crippen molar-refractivity contribution in [2.45, 2.75) is 52.0 Å². The molecule has 1 aromatic carbocycles. The number of carbonyl (C=O) groups excluding carboxylic acids is 2. The summed E-state index contributed by atoms with van der Waals surface area (Å²) < 4.78 is 13.0. The Morgan fingerprint density at radius 1 is 1.08 bits per heavy atom.